The van der Waals surface area contributed by atoms with E-state index in [-0.39, 0.29) is 52.4 Å². The van der Waals surface area contributed by atoms with Gasteiger partial charge >= 0.3 is 0 Å². The first-order valence-electron chi connectivity index (χ1n) is 11.5. The van der Waals surface area contributed by atoms with Gasteiger partial charge in [-0.1, -0.05) is 11.6 Å². The van der Waals surface area contributed by atoms with Crippen molar-refractivity contribution in [3.05, 3.63) is 58.4 Å². The van der Waals surface area contributed by atoms with Gasteiger partial charge in [0.05, 0.1) is 26.8 Å². The second-order valence-corrected chi connectivity index (χ2v) is 12.2. The third kappa shape index (κ3) is 5.07. The summed E-state index contributed by atoms with van der Waals surface area (Å²) in [7, 11) is -4.04. The van der Waals surface area contributed by atoms with Crippen molar-refractivity contribution in [1.82, 2.24) is 5.32 Å². The predicted molar refractivity (Wildman–Crippen MR) is 129 cm³/mol. The Labute approximate surface area is 216 Å². The van der Waals surface area contributed by atoms with Crippen molar-refractivity contribution in [1.29, 1.82) is 0 Å². The van der Waals surface area contributed by atoms with Crippen molar-refractivity contribution in [3.8, 4) is 0 Å². The number of sulfone groups is 1. The summed E-state index contributed by atoms with van der Waals surface area (Å²) in [6.45, 7) is 1.48. The zero-order valence-electron chi connectivity index (χ0n) is 19.6. The second-order valence-electron chi connectivity index (χ2n) is 9.62. The van der Waals surface area contributed by atoms with Crippen molar-refractivity contribution in [2.24, 2.45) is 17.6 Å². The molecule has 0 saturated heterocycles. The summed E-state index contributed by atoms with van der Waals surface area (Å²) in [5, 5.41) is 14.8. The van der Waals surface area contributed by atoms with Crippen LogP contribution in [0.15, 0.2) is 35.2 Å². The second kappa shape index (κ2) is 9.90. The number of nitrogens with two attached hydrogens (primary N) is 1. The van der Waals surface area contributed by atoms with Crippen LogP contribution in [0.25, 0.3) is 0 Å². The van der Waals surface area contributed by atoms with E-state index in [0.717, 1.165) is 6.07 Å². The molecule has 5 N–H and O–H groups in total. The highest BCUT2D eigenvalue weighted by Crippen LogP contribution is 2.55. The molecule has 2 amide bonds. The van der Waals surface area contributed by atoms with Gasteiger partial charge in [0.15, 0.2) is 27.3 Å². The SMILES string of the molecule is C[C@H](N)C(=O)NCC1(O)C2CC1CC(S(=O)(=O)c1cc(C(=O)Nc3cc(F)c(F)c(F)c3)ccc1Cl)C2. The Kier molecular flexibility index (Phi) is 7.32. The molecule has 2 bridgehead atoms. The Balaban J connectivity index is 1.51. The molecular formula is C24H25ClF3N3O5S. The summed E-state index contributed by atoms with van der Waals surface area (Å²) >= 11 is 6.18. The summed E-state index contributed by atoms with van der Waals surface area (Å²) in [5.41, 5.74) is 3.79. The first-order chi connectivity index (χ1) is 17.2. The van der Waals surface area contributed by atoms with E-state index in [2.05, 4.69) is 10.6 Å². The monoisotopic (exact) mass is 559 g/mol. The van der Waals surface area contributed by atoms with Crippen LogP contribution >= 0.6 is 11.6 Å². The molecule has 13 heteroatoms. The molecule has 5 rings (SSSR count). The molecule has 3 saturated carbocycles. The van der Waals surface area contributed by atoms with Gasteiger partial charge in [-0.15, -0.1) is 0 Å². The van der Waals surface area contributed by atoms with E-state index < -0.39 is 56.0 Å². The third-order valence-electron chi connectivity index (χ3n) is 7.22. The largest absolute Gasteiger partial charge is 0.387 e. The Morgan fingerprint density at radius 2 is 1.73 bits per heavy atom. The molecule has 3 aliphatic carbocycles. The summed E-state index contributed by atoms with van der Waals surface area (Å²) in [6, 6.07) is 3.97. The van der Waals surface area contributed by atoms with Crippen molar-refractivity contribution in [3.63, 3.8) is 0 Å². The van der Waals surface area contributed by atoms with Crippen LogP contribution in [-0.2, 0) is 14.6 Å². The Morgan fingerprint density at radius 1 is 1.14 bits per heavy atom. The summed E-state index contributed by atoms with van der Waals surface area (Å²) in [4.78, 5) is 24.2. The van der Waals surface area contributed by atoms with Crippen LogP contribution in [0.4, 0.5) is 18.9 Å². The maximum Gasteiger partial charge on any atom is 0.255 e. The molecule has 3 atom stereocenters. The predicted octanol–water partition coefficient (Wildman–Crippen LogP) is 2.78. The molecule has 8 nitrogen and oxygen atoms in total. The van der Waals surface area contributed by atoms with Crippen molar-refractivity contribution < 1.29 is 36.3 Å². The molecule has 0 aliphatic heterocycles. The van der Waals surface area contributed by atoms with Crippen LogP contribution in [0.2, 0.25) is 5.02 Å². The minimum absolute atomic E-state index is 0.0313. The summed E-state index contributed by atoms with van der Waals surface area (Å²) in [6.07, 6.45) is 0.867. The van der Waals surface area contributed by atoms with E-state index in [4.69, 9.17) is 17.3 Å². The standard InChI is InChI=1S/C24H25ClF3N3O5S/c1-11(29)22(32)30-10-24(34)13-5-14(24)7-16(6-13)37(35,36)20-4-12(2-3-17(20)25)23(33)31-15-8-18(26)21(28)19(27)9-15/h2-4,8-9,11,13-14,16,34H,5-7,10,29H2,1H3,(H,30,32)(H,31,33)/t11-,13?,14?,16?,24?/m0/s1. The lowest BCUT2D eigenvalue weighted by molar-refractivity contribution is -0.174. The van der Waals surface area contributed by atoms with E-state index in [1.807, 2.05) is 0 Å². The minimum Gasteiger partial charge on any atom is -0.387 e. The van der Waals surface area contributed by atoms with Gasteiger partial charge in [0.25, 0.3) is 5.91 Å². The fraction of sp³-hybridized carbons (Fsp3) is 0.417. The smallest absolute Gasteiger partial charge is 0.255 e. The van der Waals surface area contributed by atoms with Crippen LogP contribution in [0, 0.1) is 29.3 Å². The average Bonchev–Trinajstić information content (AvgIpc) is 2.85. The lowest BCUT2D eigenvalue weighted by Gasteiger charge is -2.58. The Morgan fingerprint density at radius 3 is 2.30 bits per heavy atom. The number of carbonyl (C=O) groups excluding carboxylic acids is 2. The summed E-state index contributed by atoms with van der Waals surface area (Å²) in [5.74, 6) is -6.72. The van der Waals surface area contributed by atoms with Gasteiger partial charge in [-0.05, 0) is 56.2 Å². The molecule has 0 aromatic heterocycles. The average molecular weight is 560 g/mol. The maximum atomic E-state index is 13.5. The number of hydrogen-bond donors (Lipinski definition) is 4. The fourth-order valence-electron chi connectivity index (χ4n) is 5.06. The number of nitrogens with one attached hydrogen (secondary N) is 2. The zero-order chi connectivity index (χ0) is 27.3. The van der Waals surface area contributed by atoms with Crippen LogP contribution in [-0.4, -0.2) is 48.8 Å². The molecule has 37 heavy (non-hydrogen) atoms. The van der Waals surface area contributed by atoms with Crippen molar-refractivity contribution in [2.45, 2.75) is 48.0 Å². The normalized spacial score (nSPS) is 25.6. The van der Waals surface area contributed by atoms with Gasteiger partial charge in [0, 0.05) is 29.9 Å². The van der Waals surface area contributed by atoms with Gasteiger partial charge in [-0.25, -0.2) is 21.6 Å². The first kappa shape index (κ1) is 27.4. The van der Waals surface area contributed by atoms with Crippen LogP contribution in [0.3, 0.4) is 0 Å². The third-order valence-corrected chi connectivity index (χ3v) is 9.87. The molecule has 2 aromatic carbocycles. The highest BCUT2D eigenvalue weighted by Gasteiger charge is 2.60. The minimum atomic E-state index is -4.04. The fourth-order valence-corrected chi connectivity index (χ4v) is 7.46. The number of rotatable bonds is 7. The number of aliphatic hydroxyl groups is 1. The van der Waals surface area contributed by atoms with Gasteiger partial charge in [0.1, 0.15) is 0 Å². The van der Waals surface area contributed by atoms with Crippen molar-refractivity contribution in [2.75, 3.05) is 11.9 Å². The molecule has 0 heterocycles. The van der Waals surface area contributed by atoms with Gasteiger partial charge in [-0.2, -0.15) is 0 Å². The number of halogens is 4. The van der Waals surface area contributed by atoms with E-state index >= 15 is 0 Å². The van der Waals surface area contributed by atoms with Gasteiger partial charge in [-0.3, -0.25) is 9.59 Å². The first-order valence-corrected chi connectivity index (χ1v) is 13.4. The topological polar surface area (TPSA) is 139 Å². The number of fused-ring (bicyclic) bond motifs is 2. The molecule has 0 radical (unpaired) electrons. The summed E-state index contributed by atoms with van der Waals surface area (Å²) < 4.78 is 67.1. The van der Waals surface area contributed by atoms with E-state index in [0.29, 0.717) is 18.6 Å². The lowest BCUT2D eigenvalue weighted by Crippen LogP contribution is -2.66. The van der Waals surface area contributed by atoms with Crippen LogP contribution < -0.4 is 16.4 Å². The Bertz CT molecular complexity index is 1340. The molecule has 200 valence electrons. The molecule has 3 aliphatic rings. The van der Waals surface area contributed by atoms with E-state index in [9.17, 15) is 36.3 Å². The number of amides is 2. The molecule has 0 spiro atoms. The van der Waals surface area contributed by atoms with Gasteiger partial charge < -0.3 is 21.5 Å². The lowest BCUT2D eigenvalue weighted by atomic mass is 9.53. The zero-order valence-corrected chi connectivity index (χ0v) is 21.2. The van der Waals surface area contributed by atoms with Crippen LogP contribution in [0.5, 0.6) is 0 Å². The highest BCUT2D eigenvalue weighted by molar-refractivity contribution is 7.92. The number of anilines is 1. The maximum absolute atomic E-state index is 13.5. The quantitative estimate of drug-likeness (QED) is 0.385. The van der Waals surface area contributed by atoms with Crippen LogP contribution in [0.1, 0.15) is 36.5 Å². The number of carbonyl (C=O) groups is 2. The number of hydrogen-bond acceptors (Lipinski definition) is 6. The number of benzene rings is 2. The van der Waals surface area contributed by atoms with E-state index in [1.54, 1.807) is 0 Å². The molecule has 2 aromatic rings. The molecular weight excluding hydrogens is 535 g/mol. The Hall–Kier alpha value is -2.67. The molecule has 2 unspecified atom stereocenters. The highest BCUT2D eigenvalue weighted by atomic mass is 35.5. The van der Waals surface area contributed by atoms with Gasteiger partial charge in [0.2, 0.25) is 5.91 Å². The van der Waals surface area contributed by atoms with Crippen molar-refractivity contribution >= 4 is 38.9 Å². The van der Waals surface area contributed by atoms with E-state index in [1.165, 1.54) is 19.1 Å². The molecule has 3 fully saturated rings.